The Bertz CT molecular complexity index is 510. The van der Waals surface area contributed by atoms with Crippen LogP contribution in [-0.4, -0.2) is 42.9 Å². The van der Waals surface area contributed by atoms with Crippen molar-refractivity contribution in [3.05, 3.63) is 29.8 Å². The van der Waals surface area contributed by atoms with Crippen LogP contribution in [0.4, 0.5) is 5.69 Å². The molecule has 0 bridgehead atoms. The fourth-order valence-corrected chi connectivity index (χ4v) is 2.63. The number of unbranched alkanes of at least 4 members (excludes halogenated alkanes) is 4. The summed E-state index contributed by atoms with van der Waals surface area (Å²) in [5.41, 5.74) is 1.51. The van der Waals surface area contributed by atoms with E-state index in [0.29, 0.717) is 18.7 Å². The average molecular weight is 348 g/mol. The third-order valence-electron chi connectivity index (χ3n) is 4.24. The van der Waals surface area contributed by atoms with E-state index in [-0.39, 0.29) is 18.4 Å². The molecule has 0 atom stereocenters. The molecule has 2 amide bonds. The smallest absolute Gasteiger partial charge is 0.253 e. The average Bonchev–Trinajstić information content (AvgIpc) is 2.64. The van der Waals surface area contributed by atoms with Crippen molar-refractivity contribution < 1.29 is 9.59 Å². The number of amides is 2. The molecule has 0 aromatic heterocycles. The van der Waals surface area contributed by atoms with Gasteiger partial charge in [-0.1, -0.05) is 32.6 Å². The number of rotatable bonds is 12. The van der Waals surface area contributed by atoms with E-state index in [0.717, 1.165) is 18.7 Å². The maximum absolute atomic E-state index is 12.2. The minimum atomic E-state index is -0.00112. The Labute approximate surface area is 152 Å². The van der Waals surface area contributed by atoms with Crippen LogP contribution in [0.1, 0.15) is 63.2 Å². The Balaban J connectivity index is 2.31. The predicted molar refractivity (Wildman–Crippen MR) is 104 cm³/mol. The minimum absolute atomic E-state index is 0.00112. The monoisotopic (exact) mass is 347 g/mol. The molecule has 0 heterocycles. The van der Waals surface area contributed by atoms with E-state index >= 15 is 0 Å². The molecule has 1 aromatic carbocycles. The molecule has 0 aliphatic carbocycles. The highest BCUT2D eigenvalue weighted by Gasteiger charge is 2.11. The fraction of sp³-hybridized carbons (Fsp3) is 0.600. The molecule has 140 valence electrons. The van der Waals surface area contributed by atoms with Crippen molar-refractivity contribution in [2.24, 2.45) is 0 Å². The lowest BCUT2D eigenvalue weighted by Crippen LogP contribution is -2.31. The van der Waals surface area contributed by atoms with E-state index in [2.05, 4.69) is 17.6 Å². The van der Waals surface area contributed by atoms with Gasteiger partial charge in [0.15, 0.2) is 0 Å². The first kappa shape index (κ1) is 21.0. The molecular weight excluding hydrogens is 314 g/mol. The van der Waals surface area contributed by atoms with Crippen molar-refractivity contribution in [1.29, 1.82) is 0 Å². The number of hydrogen-bond acceptors (Lipinski definition) is 3. The molecule has 0 radical (unpaired) electrons. The summed E-state index contributed by atoms with van der Waals surface area (Å²) in [6, 6.07) is 7.28. The van der Waals surface area contributed by atoms with E-state index in [1.54, 1.807) is 17.0 Å². The number of anilines is 1. The van der Waals surface area contributed by atoms with Crippen LogP contribution in [0.15, 0.2) is 24.3 Å². The quantitative estimate of drug-likeness (QED) is 0.567. The first-order valence-corrected chi connectivity index (χ1v) is 9.52. The normalized spacial score (nSPS) is 10.4. The number of nitrogens with one attached hydrogen (secondary N) is 2. The molecule has 5 heteroatoms. The van der Waals surface area contributed by atoms with Gasteiger partial charge in [0.05, 0.1) is 6.54 Å². The van der Waals surface area contributed by atoms with E-state index in [4.69, 9.17) is 0 Å². The van der Waals surface area contributed by atoms with E-state index in [1.807, 2.05) is 26.0 Å². The SMILES string of the molecule is CCCCCCCNC(=O)CNc1ccc(C(=O)N(CC)CC)cc1. The lowest BCUT2D eigenvalue weighted by molar-refractivity contribution is -0.119. The molecule has 0 unspecified atom stereocenters. The second-order valence-electron chi connectivity index (χ2n) is 6.17. The summed E-state index contributed by atoms with van der Waals surface area (Å²) in [6.07, 6.45) is 5.94. The Kier molecular flexibility index (Phi) is 10.4. The molecule has 0 aliphatic rings. The van der Waals surface area contributed by atoms with Gasteiger partial charge < -0.3 is 15.5 Å². The number of nitrogens with zero attached hydrogens (tertiary/aromatic N) is 1. The van der Waals surface area contributed by atoms with Gasteiger partial charge in [0, 0.05) is 30.9 Å². The molecule has 0 fully saturated rings. The second kappa shape index (κ2) is 12.3. The van der Waals surface area contributed by atoms with Gasteiger partial charge in [0.25, 0.3) is 5.91 Å². The largest absolute Gasteiger partial charge is 0.376 e. The van der Waals surface area contributed by atoms with Crippen LogP contribution in [-0.2, 0) is 4.79 Å². The highest BCUT2D eigenvalue weighted by molar-refractivity contribution is 5.94. The molecule has 2 N–H and O–H groups in total. The molecule has 0 saturated heterocycles. The molecule has 25 heavy (non-hydrogen) atoms. The van der Waals surface area contributed by atoms with Gasteiger partial charge in [-0.2, -0.15) is 0 Å². The number of carbonyl (C=O) groups is 2. The summed E-state index contributed by atoms with van der Waals surface area (Å²) in [6.45, 7) is 8.53. The summed E-state index contributed by atoms with van der Waals surface area (Å²) in [5.74, 6) is 0.0381. The fourth-order valence-electron chi connectivity index (χ4n) is 2.63. The molecule has 0 aliphatic heterocycles. The Morgan fingerprint density at radius 1 is 0.920 bits per heavy atom. The van der Waals surface area contributed by atoms with Gasteiger partial charge in [-0.05, 0) is 44.5 Å². The topological polar surface area (TPSA) is 61.4 Å². The standard InChI is InChI=1S/C20H33N3O2/c1-4-7-8-9-10-15-21-19(24)16-22-18-13-11-17(12-14-18)20(25)23(5-2)6-3/h11-14,22H,4-10,15-16H2,1-3H3,(H,21,24). The maximum Gasteiger partial charge on any atom is 0.253 e. The van der Waals surface area contributed by atoms with Crippen LogP contribution in [0.3, 0.4) is 0 Å². The lowest BCUT2D eigenvalue weighted by atomic mass is 10.1. The number of carbonyl (C=O) groups excluding carboxylic acids is 2. The zero-order valence-corrected chi connectivity index (χ0v) is 15.9. The van der Waals surface area contributed by atoms with Crippen molar-refractivity contribution in [2.75, 3.05) is 31.5 Å². The van der Waals surface area contributed by atoms with Crippen LogP contribution < -0.4 is 10.6 Å². The molecule has 0 saturated carbocycles. The minimum Gasteiger partial charge on any atom is -0.376 e. The number of benzene rings is 1. The molecule has 1 rings (SSSR count). The Morgan fingerprint density at radius 3 is 2.16 bits per heavy atom. The van der Waals surface area contributed by atoms with E-state index < -0.39 is 0 Å². The third-order valence-corrected chi connectivity index (χ3v) is 4.24. The van der Waals surface area contributed by atoms with Crippen LogP contribution in [0.5, 0.6) is 0 Å². The molecule has 1 aromatic rings. The zero-order valence-electron chi connectivity index (χ0n) is 15.9. The lowest BCUT2D eigenvalue weighted by Gasteiger charge is -2.18. The summed E-state index contributed by atoms with van der Waals surface area (Å²) in [7, 11) is 0. The van der Waals surface area contributed by atoms with Gasteiger partial charge in [0.2, 0.25) is 5.91 Å². The molecular formula is C20H33N3O2. The van der Waals surface area contributed by atoms with Crippen molar-refractivity contribution in [3.8, 4) is 0 Å². The van der Waals surface area contributed by atoms with E-state index in [9.17, 15) is 9.59 Å². The molecule has 5 nitrogen and oxygen atoms in total. The van der Waals surface area contributed by atoms with Crippen LogP contribution in [0.2, 0.25) is 0 Å². The van der Waals surface area contributed by atoms with Gasteiger partial charge >= 0.3 is 0 Å². The third kappa shape index (κ3) is 8.05. The van der Waals surface area contributed by atoms with Crippen molar-refractivity contribution >= 4 is 17.5 Å². The zero-order chi connectivity index (χ0) is 18.5. The summed E-state index contributed by atoms with van der Waals surface area (Å²) in [4.78, 5) is 25.8. The van der Waals surface area contributed by atoms with Crippen LogP contribution >= 0.6 is 0 Å². The first-order chi connectivity index (χ1) is 12.1. The Hall–Kier alpha value is -2.04. The van der Waals surface area contributed by atoms with Crippen molar-refractivity contribution in [1.82, 2.24) is 10.2 Å². The van der Waals surface area contributed by atoms with Gasteiger partial charge in [-0.15, -0.1) is 0 Å². The predicted octanol–water partition coefficient (Wildman–Crippen LogP) is 3.67. The van der Waals surface area contributed by atoms with Gasteiger partial charge in [-0.25, -0.2) is 0 Å². The first-order valence-electron chi connectivity index (χ1n) is 9.52. The number of hydrogen-bond donors (Lipinski definition) is 2. The van der Waals surface area contributed by atoms with Gasteiger partial charge in [0.1, 0.15) is 0 Å². The van der Waals surface area contributed by atoms with Crippen molar-refractivity contribution in [3.63, 3.8) is 0 Å². The van der Waals surface area contributed by atoms with E-state index in [1.165, 1.54) is 25.7 Å². The summed E-state index contributed by atoms with van der Waals surface area (Å²) < 4.78 is 0. The molecule has 0 spiro atoms. The summed E-state index contributed by atoms with van der Waals surface area (Å²) in [5, 5.41) is 6.02. The highest BCUT2D eigenvalue weighted by Crippen LogP contribution is 2.11. The van der Waals surface area contributed by atoms with Gasteiger partial charge in [-0.3, -0.25) is 9.59 Å². The Morgan fingerprint density at radius 2 is 1.56 bits per heavy atom. The maximum atomic E-state index is 12.2. The second-order valence-corrected chi connectivity index (χ2v) is 6.17. The van der Waals surface area contributed by atoms with Crippen molar-refractivity contribution in [2.45, 2.75) is 52.9 Å². The summed E-state index contributed by atoms with van der Waals surface area (Å²) >= 11 is 0. The van der Waals surface area contributed by atoms with Crippen LogP contribution in [0, 0.1) is 0 Å². The van der Waals surface area contributed by atoms with Crippen LogP contribution in [0.25, 0.3) is 0 Å². The highest BCUT2D eigenvalue weighted by atomic mass is 16.2.